The number of halogens is 2. The molecule has 16 heavy (non-hydrogen) atoms. The lowest BCUT2D eigenvalue weighted by Crippen LogP contribution is -2.47. The Hall–Kier alpha value is -0.480. The van der Waals surface area contributed by atoms with Crippen LogP contribution < -0.4 is 4.90 Å². The lowest BCUT2D eigenvalue weighted by molar-refractivity contribution is 0.0727. The lowest BCUT2D eigenvalue weighted by atomic mass is 10.2. The average Bonchev–Trinajstić information content (AvgIpc) is 2.27. The van der Waals surface area contributed by atoms with Gasteiger partial charge in [0.2, 0.25) is 0 Å². The number of rotatable bonds is 2. The fourth-order valence-corrected chi connectivity index (χ4v) is 2.37. The van der Waals surface area contributed by atoms with Crippen LogP contribution in [0.25, 0.3) is 0 Å². The summed E-state index contributed by atoms with van der Waals surface area (Å²) in [7, 11) is 0. The van der Waals surface area contributed by atoms with E-state index in [1.165, 1.54) is 0 Å². The first-order chi connectivity index (χ1) is 7.70. The van der Waals surface area contributed by atoms with Crippen molar-refractivity contribution in [1.29, 1.82) is 0 Å². The molecule has 1 unspecified atom stereocenters. The molecular formula is C11H13Cl2NO2. The highest BCUT2D eigenvalue weighted by molar-refractivity contribution is 6.35. The molecule has 0 radical (unpaired) electrons. The summed E-state index contributed by atoms with van der Waals surface area (Å²) in [5, 5.41) is 10.5. The third-order valence-corrected chi connectivity index (χ3v) is 3.05. The number of anilines is 1. The number of nitrogens with zero attached hydrogens (tertiary/aromatic N) is 1. The van der Waals surface area contributed by atoms with Crippen molar-refractivity contribution in [3.63, 3.8) is 0 Å². The molecule has 88 valence electrons. The Kier molecular flexibility index (Phi) is 3.92. The van der Waals surface area contributed by atoms with Gasteiger partial charge in [0.05, 0.1) is 25.9 Å². The largest absolute Gasteiger partial charge is 0.394 e. The molecule has 1 aliphatic rings. The highest BCUT2D eigenvalue weighted by Crippen LogP contribution is 2.27. The topological polar surface area (TPSA) is 32.7 Å². The second-order valence-electron chi connectivity index (χ2n) is 3.73. The highest BCUT2D eigenvalue weighted by atomic mass is 35.5. The quantitative estimate of drug-likeness (QED) is 0.886. The molecule has 3 nitrogen and oxygen atoms in total. The fraction of sp³-hybridized carbons (Fsp3) is 0.455. The summed E-state index contributed by atoms with van der Waals surface area (Å²) in [5.74, 6) is 0. The van der Waals surface area contributed by atoms with Gasteiger partial charge in [0, 0.05) is 22.3 Å². The van der Waals surface area contributed by atoms with E-state index in [9.17, 15) is 5.11 Å². The minimum atomic E-state index is -0.0247. The van der Waals surface area contributed by atoms with Crippen LogP contribution in [-0.4, -0.2) is 37.5 Å². The summed E-state index contributed by atoms with van der Waals surface area (Å²) in [5.41, 5.74) is 0.930. The molecule has 0 spiro atoms. The van der Waals surface area contributed by atoms with Crippen LogP contribution in [0.15, 0.2) is 18.2 Å². The van der Waals surface area contributed by atoms with Crippen molar-refractivity contribution in [2.45, 2.75) is 6.04 Å². The zero-order valence-electron chi connectivity index (χ0n) is 8.70. The minimum Gasteiger partial charge on any atom is -0.394 e. The number of hydrogen-bond acceptors (Lipinski definition) is 3. The van der Waals surface area contributed by atoms with Gasteiger partial charge >= 0.3 is 0 Å². The zero-order chi connectivity index (χ0) is 11.5. The van der Waals surface area contributed by atoms with Crippen LogP contribution in [0.4, 0.5) is 5.69 Å². The van der Waals surface area contributed by atoms with Crippen LogP contribution in [0.2, 0.25) is 10.0 Å². The maximum absolute atomic E-state index is 9.27. The van der Waals surface area contributed by atoms with Crippen molar-refractivity contribution in [1.82, 2.24) is 0 Å². The van der Waals surface area contributed by atoms with Gasteiger partial charge in [-0.05, 0) is 18.2 Å². The molecule has 0 bridgehead atoms. The second-order valence-corrected chi connectivity index (χ2v) is 4.61. The van der Waals surface area contributed by atoms with Crippen LogP contribution in [0.1, 0.15) is 0 Å². The van der Waals surface area contributed by atoms with Gasteiger partial charge in [0.15, 0.2) is 0 Å². The standard InChI is InChI=1S/C11H13Cl2NO2/c12-8-3-9(13)5-10(4-8)14-1-2-16-7-11(14)6-15/h3-5,11,15H,1-2,6-7H2. The van der Waals surface area contributed by atoms with Gasteiger partial charge in [-0.25, -0.2) is 0 Å². The van der Waals surface area contributed by atoms with E-state index in [-0.39, 0.29) is 12.6 Å². The predicted molar refractivity (Wildman–Crippen MR) is 65.5 cm³/mol. The van der Waals surface area contributed by atoms with Crippen molar-refractivity contribution in [3.05, 3.63) is 28.2 Å². The van der Waals surface area contributed by atoms with Crippen LogP contribution in [0.3, 0.4) is 0 Å². The number of morpholine rings is 1. The number of benzene rings is 1. The lowest BCUT2D eigenvalue weighted by Gasteiger charge is -2.36. The summed E-state index contributed by atoms with van der Waals surface area (Å²) in [6.45, 7) is 1.98. The fourth-order valence-electron chi connectivity index (χ4n) is 1.85. The summed E-state index contributed by atoms with van der Waals surface area (Å²) in [6, 6.07) is 5.37. The first kappa shape index (κ1) is 12.0. The number of aliphatic hydroxyl groups is 1. The Morgan fingerprint density at radius 2 is 2.00 bits per heavy atom. The SMILES string of the molecule is OCC1COCCN1c1cc(Cl)cc(Cl)c1. The summed E-state index contributed by atoms with van der Waals surface area (Å²) < 4.78 is 5.32. The Morgan fingerprint density at radius 1 is 1.31 bits per heavy atom. The van der Waals surface area contributed by atoms with E-state index in [0.29, 0.717) is 23.3 Å². The Balaban J connectivity index is 2.26. The molecule has 0 amide bonds. The first-order valence-electron chi connectivity index (χ1n) is 5.12. The first-order valence-corrected chi connectivity index (χ1v) is 5.87. The predicted octanol–water partition coefficient (Wildman–Crippen LogP) is 2.19. The Bertz CT molecular complexity index is 353. The smallest absolute Gasteiger partial charge is 0.0755 e. The van der Waals surface area contributed by atoms with Gasteiger partial charge in [0.1, 0.15) is 0 Å². The van der Waals surface area contributed by atoms with Crippen LogP contribution >= 0.6 is 23.2 Å². The molecule has 1 aliphatic heterocycles. The van der Waals surface area contributed by atoms with Gasteiger partial charge in [-0.3, -0.25) is 0 Å². The molecule has 1 heterocycles. The van der Waals surface area contributed by atoms with Crippen molar-refractivity contribution in [3.8, 4) is 0 Å². The Morgan fingerprint density at radius 3 is 2.62 bits per heavy atom. The van der Waals surface area contributed by atoms with E-state index in [2.05, 4.69) is 4.90 Å². The van der Waals surface area contributed by atoms with E-state index in [4.69, 9.17) is 27.9 Å². The molecule has 5 heteroatoms. The normalized spacial score (nSPS) is 21.2. The molecule has 1 fully saturated rings. The van der Waals surface area contributed by atoms with Crippen molar-refractivity contribution in [2.24, 2.45) is 0 Å². The van der Waals surface area contributed by atoms with Crippen LogP contribution in [-0.2, 0) is 4.74 Å². The monoisotopic (exact) mass is 261 g/mol. The van der Waals surface area contributed by atoms with E-state index in [1.54, 1.807) is 6.07 Å². The second kappa shape index (κ2) is 5.23. The van der Waals surface area contributed by atoms with E-state index >= 15 is 0 Å². The molecule has 0 aliphatic carbocycles. The summed E-state index contributed by atoms with van der Waals surface area (Å²) in [6.07, 6.45) is 0. The molecule has 1 aromatic carbocycles. The average molecular weight is 262 g/mol. The van der Waals surface area contributed by atoms with Gasteiger partial charge in [-0.1, -0.05) is 23.2 Å². The molecule has 1 saturated heterocycles. The molecule has 1 atom stereocenters. The minimum absolute atomic E-state index is 0.0247. The molecule has 2 rings (SSSR count). The molecular weight excluding hydrogens is 249 g/mol. The van der Waals surface area contributed by atoms with Gasteiger partial charge < -0.3 is 14.7 Å². The molecule has 0 saturated carbocycles. The maximum atomic E-state index is 9.27. The number of aliphatic hydroxyl groups excluding tert-OH is 1. The number of hydrogen-bond donors (Lipinski definition) is 1. The number of ether oxygens (including phenoxy) is 1. The third-order valence-electron chi connectivity index (χ3n) is 2.62. The molecule has 1 aromatic rings. The van der Waals surface area contributed by atoms with Gasteiger partial charge in [-0.15, -0.1) is 0 Å². The molecule has 1 N–H and O–H groups in total. The van der Waals surface area contributed by atoms with E-state index < -0.39 is 0 Å². The zero-order valence-corrected chi connectivity index (χ0v) is 10.2. The van der Waals surface area contributed by atoms with Gasteiger partial charge in [0.25, 0.3) is 0 Å². The summed E-state index contributed by atoms with van der Waals surface area (Å²) >= 11 is 11.9. The van der Waals surface area contributed by atoms with Crippen molar-refractivity contribution in [2.75, 3.05) is 31.3 Å². The highest BCUT2D eigenvalue weighted by Gasteiger charge is 2.22. The summed E-state index contributed by atoms with van der Waals surface area (Å²) in [4.78, 5) is 2.07. The Labute approximate surface area is 105 Å². The third kappa shape index (κ3) is 2.61. The van der Waals surface area contributed by atoms with Crippen LogP contribution in [0.5, 0.6) is 0 Å². The van der Waals surface area contributed by atoms with E-state index in [1.807, 2.05) is 12.1 Å². The molecule has 0 aromatic heterocycles. The van der Waals surface area contributed by atoms with E-state index in [0.717, 1.165) is 12.2 Å². The maximum Gasteiger partial charge on any atom is 0.0755 e. The van der Waals surface area contributed by atoms with Crippen molar-refractivity contribution >= 4 is 28.9 Å². The van der Waals surface area contributed by atoms with Gasteiger partial charge in [-0.2, -0.15) is 0 Å². The van der Waals surface area contributed by atoms with Crippen molar-refractivity contribution < 1.29 is 9.84 Å². The van der Waals surface area contributed by atoms with Crippen LogP contribution in [0, 0.1) is 0 Å².